The lowest BCUT2D eigenvalue weighted by atomic mass is 10.2. The molecule has 0 fully saturated rings. The first-order valence-corrected chi connectivity index (χ1v) is 7.73. The summed E-state index contributed by atoms with van der Waals surface area (Å²) >= 11 is 0. The van der Waals surface area contributed by atoms with Gasteiger partial charge in [-0.05, 0) is 48.5 Å². The molecule has 0 spiro atoms. The van der Waals surface area contributed by atoms with Gasteiger partial charge in [-0.2, -0.15) is 18.2 Å². The molecule has 0 N–H and O–H groups in total. The number of ether oxygens (including phenoxy) is 1. The van der Waals surface area contributed by atoms with E-state index in [9.17, 15) is 17.6 Å². The molecule has 4 rings (SSSR count). The lowest BCUT2D eigenvalue weighted by Gasteiger charge is -2.25. The second-order valence-corrected chi connectivity index (χ2v) is 5.53. The predicted octanol–water partition coefficient (Wildman–Crippen LogP) is 4.53. The van der Waals surface area contributed by atoms with Crippen LogP contribution in [0.25, 0.3) is 0 Å². The van der Waals surface area contributed by atoms with E-state index in [1.165, 1.54) is 42.6 Å². The standard InChI is InChI=1S/C18H10F4N4O/c19-12-8-6-11(7-9-12)17-25-26(16-13(27-17)3-2-10-23-16)15-5-1-4-14(24-15)18(20,21)22/h1-10H. The van der Waals surface area contributed by atoms with Gasteiger partial charge in [-0.1, -0.05) is 6.07 Å². The minimum absolute atomic E-state index is 0.0762. The average Bonchev–Trinajstić information content (AvgIpc) is 2.67. The Morgan fingerprint density at radius 3 is 2.44 bits per heavy atom. The normalized spacial score (nSPS) is 13.6. The molecule has 0 aliphatic carbocycles. The van der Waals surface area contributed by atoms with Crippen molar-refractivity contribution in [3.8, 4) is 5.75 Å². The Kier molecular flexibility index (Phi) is 3.98. The van der Waals surface area contributed by atoms with Crippen LogP contribution in [-0.4, -0.2) is 15.9 Å². The van der Waals surface area contributed by atoms with Crippen LogP contribution < -0.4 is 9.75 Å². The lowest BCUT2D eigenvalue weighted by Crippen LogP contribution is -2.26. The third-order valence-electron chi connectivity index (χ3n) is 3.68. The topological polar surface area (TPSA) is 50.6 Å². The summed E-state index contributed by atoms with van der Waals surface area (Å²) in [7, 11) is 0. The Bertz CT molecular complexity index is 1020. The van der Waals surface area contributed by atoms with Gasteiger partial charge in [-0.15, -0.1) is 5.10 Å². The van der Waals surface area contributed by atoms with Crippen molar-refractivity contribution in [1.82, 2.24) is 9.97 Å². The highest BCUT2D eigenvalue weighted by Gasteiger charge is 2.34. The van der Waals surface area contributed by atoms with Crippen LogP contribution >= 0.6 is 0 Å². The molecule has 0 atom stereocenters. The number of anilines is 2. The van der Waals surface area contributed by atoms with Crippen molar-refractivity contribution in [3.63, 3.8) is 0 Å². The molecule has 0 saturated carbocycles. The van der Waals surface area contributed by atoms with Crippen LogP contribution in [0.1, 0.15) is 11.3 Å². The lowest BCUT2D eigenvalue weighted by molar-refractivity contribution is -0.141. The van der Waals surface area contributed by atoms with Crippen LogP contribution in [0.4, 0.5) is 29.2 Å². The van der Waals surface area contributed by atoms with Crippen LogP contribution in [0.2, 0.25) is 0 Å². The highest BCUT2D eigenvalue weighted by atomic mass is 19.4. The van der Waals surface area contributed by atoms with Crippen molar-refractivity contribution >= 4 is 17.5 Å². The number of hydrogen-bond donors (Lipinski definition) is 0. The number of hydrazone groups is 1. The molecule has 0 saturated heterocycles. The van der Waals surface area contributed by atoms with Crippen LogP contribution in [0.5, 0.6) is 5.75 Å². The maximum absolute atomic E-state index is 13.2. The quantitative estimate of drug-likeness (QED) is 0.619. The summed E-state index contributed by atoms with van der Waals surface area (Å²) in [4.78, 5) is 7.77. The molecule has 27 heavy (non-hydrogen) atoms. The van der Waals surface area contributed by atoms with E-state index < -0.39 is 17.7 Å². The second-order valence-electron chi connectivity index (χ2n) is 5.53. The Morgan fingerprint density at radius 1 is 0.926 bits per heavy atom. The van der Waals surface area contributed by atoms with E-state index in [1.807, 2.05) is 0 Å². The summed E-state index contributed by atoms with van der Waals surface area (Å²) in [6.07, 6.45) is -3.14. The van der Waals surface area contributed by atoms with Gasteiger partial charge in [0.25, 0.3) is 0 Å². The molecular formula is C18H10F4N4O. The molecule has 3 heterocycles. The SMILES string of the molecule is Fc1ccc(C2=NN(c3cccc(C(F)(F)F)n3)c3ncccc3O2)cc1. The molecule has 0 radical (unpaired) electrons. The monoisotopic (exact) mass is 374 g/mol. The fourth-order valence-electron chi connectivity index (χ4n) is 2.45. The third-order valence-corrected chi connectivity index (χ3v) is 3.68. The maximum Gasteiger partial charge on any atom is 0.433 e. The van der Waals surface area contributed by atoms with Crippen molar-refractivity contribution in [2.75, 3.05) is 5.01 Å². The minimum atomic E-state index is -4.60. The Morgan fingerprint density at radius 2 is 1.70 bits per heavy atom. The largest absolute Gasteiger partial charge is 0.433 e. The van der Waals surface area contributed by atoms with Gasteiger partial charge in [0.05, 0.1) is 0 Å². The number of fused-ring (bicyclic) bond motifs is 1. The average molecular weight is 374 g/mol. The van der Waals surface area contributed by atoms with E-state index in [2.05, 4.69) is 15.1 Å². The number of rotatable bonds is 2. The van der Waals surface area contributed by atoms with Gasteiger partial charge in [-0.3, -0.25) is 0 Å². The molecule has 0 amide bonds. The Balaban J connectivity index is 1.83. The highest BCUT2D eigenvalue weighted by Crippen LogP contribution is 2.36. The molecule has 1 aliphatic rings. The molecule has 0 bridgehead atoms. The van der Waals surface area contributed by atoms with Gasteiger partial charge in [0.2, 0.25) is 5.90 Å². The number of alkyl halides is 3. The van der Waals surface area contributed by atoms with Crippen molar-refractivity contribution in [2.24, 2.45) is 5.10 Å². The fraction of sp³-hybridized carbons (Fsp3) is 0.0556. The van der Waals surface area contributed by atoms with Gasteiger partial charge in [-0.25, -0.2) is 14.4 Å². The molecule has 0 unspecified atom stereocenters. The van der Waals surface area contributed by atoms with E-state index in [-0.39, 0.29) is 23.3 Å². The van der Waals surface area contributed by atoms with E-state index in [1.54, 1.807) is 12.1 Å². The summed E-state index contributed by atoms with van der Waals surface area (Å²) in [6, 6.07) is 12.1. The Hall–Kier alpha value is -3.49. The molecule has 5 nitrogen and oxygen atoms in total. The zero-order valence-electron chi connectivity index (χ0n) is 13.5. The number of benzene rings is 1. The maximum atomic E-state index is 13.2. The molecule has 9 heteroatoms. The predicted molar refractivity (Wildman–Crippen MR) is 89.2 cm³/mol. The van der Waals surface area contributed by atoms with E-state index in [0.717, 1.165) is 11.1 Å². The first-order chi connectivity index (χ1) is 12.9. The van der Waals surface area contributed by atoms with Gasteiger partial charge < -0.3 is 4.74 Å². The third kappa shape index (κ3) is 3.31. The molecule has 3 aromatic rings. The summed E-state index contributed by atoms with van der Waals surface area (Å²) < 4.78 is 57.9. The van der Waals surface area contributed by atoms with E-state index >= 15 is 0 Å². The van der Waals surface area contributed by atoms with Crippen molar-refractivity contribution in [2.45, 2.75) is 6.18 Å². The smallest absolute Gasteiger partial charge is 0.433 e. The van der Waals surface area contributed by atoms with Gasteiger partial charge in [0, 0.05) is 11.8 Å². The summed E-state index contributed by atoms with van der Waals surface area (Å²) in [5.74, 6) is 0.0391. The van der Waals surface area contributed by atoms with Crippen molar-refractivity contribution < 1.29 is 22.3 Å². The summed E-state index contributed by atoms with van der Waals surface area (Å²) in [6.45, 7) is 0. The zero-order chi connectivity index (χ0) is 19.0. The Labute approximate surface area is 150 Å². The van der Waals surface area contributed by atoms with Crippen LogP contribution in [-0.2, 0) is 6.18 Å². The first kappa shape index (κ1) is 17.0. The van der Waals surface area contributed by atoms with Crippen LogP contribution in [0.3, 0.4) is 0 Å². The zero-order valence-corrected chi connectivity index (χ0v) is 13.5. The van der Waals surface area contributed by atoms with Crippen LogP contribution in [0.15, 0.2) is 65.9 Å². The highest BCUT2D eigenvalue weighted by molar-refractivity contribution is 5.98. The summed E-state index contributed by atoms with van der Waals surface area (Å²) in [5, 5.41) is 5.39. The minimum Gasteiger partial charge on any atom is -0.433 e. The molecular weight excluding hydrogens is 364 g/mol. The number of pyridine rings is 2. The number of hydrogen-bond acceptors (Lipinski definition) is 5. The van der Waals surface area contributed by atoms with Gasteiger partial charge in [0.15, 0.2) is 17.4 Å². The number of halogens is 4. The number of nitrogens with zero attached hydrogens (tertiary/aromatic N) is 4. The molecule has 1 aliphatic heterocycles. The second kappa shape index (κ2) is 6.35. The van der Waals surface area contributed by atoms with Crippen molar-refractivity contribution in [3.05, 3.63) is 77.9 Å². The molecule has 1 aromatic carbocycles. The van der Waals surface area contributed by atoms with Gasteiger partial charge >= 0.3 is 6.18 Å². The fourth-order valence-corrected chi connectivity index (χ4v) is 2.45. The van der Waals surface area contributed by atoms with Crippen LogP contribution in [0, 0.1) is 5.82 Å². The van der Waals surface area contributed by atoms with E-state index in [4.69, 9.17) is 4.74 Å². The summed E-state index contributed by atoms with van der Waals surface area (Å²) in [5.41, 5.74) is -0.606. The molecule has 136 valence electrons. The van der Waals surface area contributed by atoms with Crippen molar-refractivity contribution in [1.29, 1.82) is 0 Å². The van der Waals surface area contributed by atoms with Gasteiger partial charge in [0.1, 0.15) is 11.5 Å². The van der Waals surface area contributed by atoms with E-state index in [0.29, 0.717) is 5.56 Å². The first-order valence-electron chi connectivity index (χ1n) is 7.73. The number of aromatic nitrogens is 2. The molecule has 2 aromatic heterocycles.